The Labute approximate surface area is 105 Å². The first-order valence-corrected chi connectivity index (χ1v) is 5.42. The fourth-order valence-electron chi connectivity index (χ4n) is 2.12. The molecular weight excluding hydrogens is 234 g/mol. The molecule has 0 aromatic rings. The van der Waals surface area contributed by atoms with Crippen LogP contribution in [-0.4, -0.2) is 33.9 Å². The summed E-state index contributed by atoms with van der Waals surface area (Å²) in [5, 5.41) is 18.6. The number of aliphatic imine (C=N–C) groups is 1. The highest BCUT2D eigenvalue weighted by atomic mass is 16.4. The third-order valence-electron chi connectivity index (χ3n) is 2.89. The third-order valence-corrected chi connectivity index (χ3v) is 2.89. The average molecular weight is 249 g/mol. The molecule has 0 aromatic heterocycles. The van der Waals surface area contributed by atoms with E-state index in [-0.39, 0.29) is 6.42 Å². The van der Waals surface area contributed by atoms with E-state index in [4.69, 9.17) is 0 Å². The van der Waals surface area contributed by atoms with Crippen molar-refractivity contribution in [3.05, 3.63) is 37.0 Å². The van der Waals surface area contributed by atoms with E-state index in [1.165, 1.54) is 18.4 Å². The van der Waals surface area contributed by atoms with Crippen LogP contribution in [-0.2, 0) is 9.59 Å². The summed E-state index contributed by atoms with van der Waals surface area (Å²) < 4.78 is 0. The molecule has 0 aliphatic carbocycles. The summed E-state index contributed by atoms with van der Waals surface area (Å²) in [5.41, 5.74) is -1.22. The maximum Gasteiger partial charge on any atom is 0.333 e. The van der Waals surface area contributed by atoms with Gasteiger partial charge in [0.15, 0.2) is 5.54 Å². The summed E-state index contributed by atoms with van der Waals surface area (Å²) in [6, 6.07) is 0. The fourth-order valence-corrected chi connectivity index (χ4v) is 2.12. The van der Waals surface area contributed by atoms with Crippen molar-refractivity contribution in [1.29, 1.82) is 0 Å². The van der Waals surface area contributed by atoms with Crippen molar-refractivity contribution < 1.29 is 19.8 Å². The molecule has 0 amide bonds. The minimum absolute atomic E-state index is 0.0374. The van der Waals surface area contributed by atoms with E-state index in [9.17, 15) is 19.8 Å². The maximum atomic E-state index is 11.5. The quantitative estimate of drug-likeness (QED) is 0.701. The van der Waals surface area contributed by atoms with Gasteiger partial charge in [-0.05, 0) is 18.1 Å². The van der Waals surface area contributed by atoms with Crippen LogP contribution in [0, 0.1) is 5.92 Å². The van der Waals surface area contributed by atoms with Crippen LogP contribution in [0.1, 0.15) is 12.8 Å². The largest absolute Gasteiger partial charge is 0.481 e. The molecule has 0 aromatic carbocycles. The predicted octanol–water partition coefficient (Wildman–Crippen LogP) is 1.67. The lowest BCUT2D eigenvalue weighted by Gasteiger charge is -2.33. The van der Waals surface area contributed by atoms with Crippen LogP contribution in [0.2, 0.25) is 0 Å². The predicted molar refractivity (Wildman–Crippen MR) is 67.7 cm³/mol. The Kier molecular flexibility index (Phi) is 4.20. The maximum absolute atomic E-state index is 11.5. The van der Waals surface area contributed by atoms with Gasteiger partial charge < -0.3 is 10.2 Å². The smallest absolute Gasteiger partial charge is 0.333 e. The van der Waals surface area contributed by atoms with Crippen molar-refractivity contribution in [3.8, 4) is 0 Å². The van der Waals surface area contributed by atoms with Crippen molar-refractivity contribution in [2.24, 2.45) is 10.9 Å². The monoisotopic (exact) mass is 249 g/mol. The molecule has 2 N–H and O–H groups in total. The topological polar surface area (TPSA) is 87.0 Å². The number of hydrogen-bond acceptors (Lipinski definition) is 3. The highest BCUT2D eigenvalue weighted by Gasteiger charge is 2.51. The average Bonchev–Trinajstić information content (AvgIpc) is 2.29. The lowest BCUT2D eigenvalue weighted by molar-refractivity contribution is -0.153. The Morgan fingerprint density at radius 2 is 2.06 bits per heavy atom. The molecule has 1 aliphatic heterocycles. The van der Waals surface area contributed by atoms with Gasteiger partial charge in [-0.15, -0.1) is 13.2 Å². The number of carboxylic acids is 2. The van der Waals surface area contributed by atoms with Gasteiger partial charge in [0.05, 0.1) is 0 Å². The Morgan fingerprint density at radius 3 is 2.50 bits per heavy atom. The first-order valence-electron chi connectivity index (χ1n) is 5.42. The van der Waals surface area contributed by atoms with Crippen LogP contribution >= 0.6 is 0 Å². The molecule has 96 valence electrons. The van der Waals surface area contributed by atoms with Crippen LogP contribution in [0.4, 0.5) is 0 Å². The lowest BCUT2D eigenvalue weighted by atomic mass is 9.74. The van der Waals surface area contributed by atoms with Gasteiger partial charge >= 0.3 is 11.9 Å². The van der Waals surface area contributed by atoms with Gasteiger partial charge in [0.1, 0.15) is 5.92 Å². The Balaban J connectivity index is 3.33. The number of rotatable bonds is 6. The van der Waals surface area contributed by atoms with E-state index in [1.807, 2.05) is 0 Å². The SMILES string of the molecule is C=CCC1=CC=NC(CC=C)(C(=O)O)C1C(=O)O. The molecule has 0 radical (unpaired) electrons. The zero-order valence-corrected chi connectivity index (χ0v) is 9.87. The molecule has 2 unspecified atom stereocenters. The fraction of sp³-hybridized carbons (Fsp3) is 0.308. The molecule has 1 aliphatic rings. The second kappa shape index (κ2) is 5.44. The minimum Gasteiger partial charge on any atom is -0.481 e. The molecule has 18 heavy (non-hydrogen) atoms. The number of dihydropyridines is 1. The molecule has 0 spiro atoms. The Morgan fingerprint density at radius 1 is 1.39 bits per heavy atom. The zero-order valence-electron chi connectivity index (χ0n) is 9.87. The summed E-state index contributed by atoms with van der Waals surface area (Å²) in [4.78, 5) is 26.7. The van der Waals surface area contributed by atoms with Crippen molar-refractivity contribution >= 4 is 18.2 Å². The Bertz CT molecular complexity index is 450. The molecule has 2 atom stereocenters. The molecule has 0 saturated carbocycles. The van der Waals surface area contributed by atoms with Gasteiger partial charge in [0.25, 0.3) is 0 Å². The highest BCUT2D eigenvalue weighted by Crippen LogP contribution is 2.36. The number of carbonyl (C=O) groups is 2. The molecule has 0 saturated heterocycles. The highest BCUT2D eigenvalue weighted by molar-refractivity contribution is 5.94. The van der Waals surface area contributed by atoms with Crippen molar-refractivity contribution in [2.45, 2.75) is 18.4 Å². The first kappa shape index (κ1) is 13.9. The summed E-state index contributed by atoms with van der Waals surface area (Å²) >= 11 is 0. The van der Waals surface area contributed by atoms with E-state index in [0.29, 0.717) is 12.0 Å². The van der Waals surface area contributed by atoms with Crippen LogP contribution in [0.5, 0.6) is 0 Å². The molecular formula is C13H15NO4. The van der Waals surface area contributed by atoms with Crippen molar-refractivity contribution in [2.75, 3.05) is 0 Å². The van der Waals surface area contributed by atoms with Crippen LogP contribution < -0.4 is 0 Å². The Hall–Kier alpha value is -2.17. The van der Waals surface area contributed by atoms with Gasteiger partial charge in [-0.1, -0.05) is 12.2 Å². The number of aliphatic carboxylic acids is 2. The van der Waals surface area contributed by atoms with Gasteiger partial charge in [0, 0.05) is 12.6 Å². The summed E-state index contributed by atoms with van der Waals surface area (Å²) in [6.45, 7) is 7.02. The molecule has 0 bridgehead atoms. The van der Waals surface area contributed by atoms with Crippen molar-refractivity contribution in [1.82, 2.24) is 0 Å². The van der Waals surface area contributed by atoms with Gasteiger partial charge in [0.2, 0.25) is 0 Å². The normalized spacial score (nSPS) is 26.2. The second-order valence-electron chi connectivity index (χ2n) is 4.01. The lowest BCUT2D eigenvalue weighted by Crippen LogP contribution is -2.49. The summed E-state index contributed by atoms with van der Waals surface area (Å²) in [7, 11) is 0. The van der Waals surface area contributed by atoms with Crippen LogP contribution in [0.15, 0.2) is 42.0 Å². The molecule has 1 heterocycles. The van der Waals surface area contributed by atoms with E-state index in [2.05, 4.69) is 18.2 Å². The number of allylic oxidation sites excluding steroid dienone is 2. The van der Waals surface area contributed by atoms with Crippen LogP contribution in [0.3, 0.4) is 0 Å². The number of carboxylic acid groups (broad SMARTS) is 2. The summed E-state index contributed by atoms with van der Waals surface area (Å²) in [5.74, 6) is -3.67. The number of hydrogen-bond donors (Lipinski definition) is 2. The standard InChI is InChI=1S/C13H15NO4/c1-3-5-9-6-8-14-13(7-4-2,12(17)18)10(9)11(15)16/h3-4,6,8,10H,1-2,5,7H2,(H,15,16)(H,17,18). The van der Waals surface area contributed by atoms with Crippen molar-refractivity contribution in [3.63, 3.8) is 0 Å². The molecule has 5 nitrogen and oxygen atoms in total. The van der Waals surface area contributed by atoms with Gasteiger partial charge in [-0.3, -0.25) is 9.79 Å². The second-order valence-corrected chi connectivity index (χ2v) is 4.01. The summed E-state index contributed by atoms with van der Waals surface area (Å²) in [6.07, 6.45) is 6.07. The molecule has 5 heteroatoms. The van der Waals surface area contributed by atoms with Gasteiger partial charge in [-0.25, -0.2) is 4.79 Å². The van der Waals surface area contributed by atoms with E-state index < -0.39 is 23.4 Å². The van der Waals surface area contributed by atoms with E-state index in [0.717, 1.165) is 0 Å². The molecule has 0 fully saturated rings. The third kappa shape index (κ3) is 2.25. The number of nitrogens with zero attached hydrogens (tertiary/aromatic N) is 1. The first-order chi connectivity index (χ1) is 8.49. The minimum atomic E-state index is -1.71. The molecule has 1 rings (SSSR count). The van der Waals surface area contributed by atoms with E-state index in [1.54, 1.807) is 6.08 Å². The van der Waals surface area contributed by atoms with E-state index >= 15 is 0 Å². The zero-order chi connectivity index (χ0) is 13.8. The van der Waals surface area contributed by atoms with Gasteiger partial charge in [-0.2, -0.15) is 0 Å². The van der Waals surface area contributed by atoms with Crippen LogP contribution in [0.25, 0.3) is 0 Å².